The molecule has 2 aromatic rings. The van der Waals surface area contributed by atoms with Crippen LogP contribution < -0.4 is 10.1 Å². The molecule has 6 heteroatoms. The van der Waals surface area contributed by atoms with E-state index in [0.29, 0.717) is 15.8 Å². The van der Waals surface area contributed by atoms with Crippen molar-refractivity contribution in [1.29, 1.82) is 0 Å². The number of methoxy groups -OCH3 is 1. The topological polar surface area (TPSA) is 41.5 Å². The molecule has 0 aromatic heterocycles. The fraction of sp³-hybridized carbons (Fsp3) is 0.143. The van der Waals surface area contributed by atoms with Crippen molar-refractivity contribution in [2.24, 2.45) is 0 Å². The number of anilines is 1. The summed E-state index contributed by atoms with van der Waals surface area (Å²) in [5, 5.41) is 12.3. The minimum Gasteiger partial charge on any atom is -0.504 e. The number of rotatable bonds is 4. The zero-order valence-electron chi connectivity index (χ0n) is 10.6. The summed E-state index contributed by atoms with van der Waals surface area (Å²) in [5.74, 6) is -1.05. The van der Waals surface area contributed by atoms with Crippen molar-refractivity contribution in [2.45, 2.75) is 6.54 Å². The Morgan fingerprint density at radius 2 is 1.85 bits per heavy atom. The van der Waals surface area contributed by atoms with Crippen molar-refractivity contribution in [2.75, 3.05) is 12.4 Å². The Morgan fingerprint density at radius 1 is 1.20 bits per heavy atom. The molecule has 0 aliphatic carbocycles. The summed E-state index contributed by atoms with van der Waals surface area (Å²) in [4.78, 5) is 0. The molecule has 0 saturated carbocycles. The maximum Gasteiger partial charge on any atom is 0.160 e. The van der Waals surface area contributed by atoms with E-state index in [1.807, 2.05) is 0 Å². The van der Waals surface area contributed by atoms with Crippen LogP contribution >= 0.6 is 15.9 Å². The van der Waals surface area contributed by atoms with Gasteiger partial charge in [-0.2, -0.15) is 0 Å². The van der Waals surface area contributed by atoms with Gasteiger partial charge in [-0.15, -0.1) is 0 Å². The molecule has 0 spiro atoms. The highest BCUT2D eigenvalue weighted by Crippen LogP contribution is 2.28. The summed E-state index contributed by atoms with van der Waals surface area (Å²) in [7, 11) is 1.44. The summed E-state index contributed by atoms with van der Waals surface area (Å²) >= 11 is 3.01. The second kappa shape index (κ2) is 6.09. The van der Waals surface area contributed by atoms with Gasteiger partial charge >= 0.3 is 0 Å². The Labute approximate surface area is 123 Å². The maximum absolute atomic E-state index is 13.6. The van der Waals surface area contributed by atoms with E-state index in [1.54, 1.807) is 12.1 Å². The summed E-state index contributed by atoms with van der Waals surface area (Å²) in [5.41, 5.74) is 0.466. The number of hydrogen-bond acceptors (Lipinski definition) is 3. The smallest absolute Gasteiger partial charge is 0.160 e. The lowest BCUT2D eigenvalue weighted by molar-refractivity contribution is 0.373. The minimum atomic E-state index is -0.686. The number of ether oxygens (including phenoxy) is 1. The largest absolute Gasteiger partial charge is 0.504 e. The highest BCUT2D eigenvalue weighted by molar-refractivity contribution is 9.10. The average Bonchev–Trinajstić information content (AvgIpc) is 2.37. The van der Waals surface area contributed by atoms with Crippen LogP contribution in [0.4, 0.5) is 14.5 Å². The standard InChI is InChI=1S/C14H12BrF2NO2/c1-20-13-3-2-8(4-12(13)19)7-18-14-10(16)5-9(15)6-11(14)17/h2-6,18-19H,7H2,1H3. The van der Waals surface area contributed by atoms with Gasteiger partial charge in [0.1, 0.15) is 17.3 Å². The first kappa shape index (κ1) is 14.6. The molecule has 0 radical (unpaired) electrons. The van der Waals surface area contributed by atoms with Gasteiger partial charge in [-0.3, -0.25) is 0 Å². The van der Waals surface area contributed by atoms with Crippen molar-refractivity contribution in [1.82, 2.24) is 0 Å². The average molecular weight is 344 g/mol. The molecule has 2 rings (SSSR count). The lowest BCUT2D eigenvalue weighted by Gasteiger charge is -2.10. The highest BCUT2D eigenvalue weighted by atomic mass is 79.9. The van der Waals surface area contributed by atoms with Gasteiger partial charge in [0.05, 0.1) is 7.11 Å². The van der Waals surface area contributed by atoms with E-state index in [4.69, 9.17) is 4.74 Å². The number of aromatic hydroxyl groups is 1. The predicted octanol–water partition coefficient (Wildman–Crippen LogP) is 4.05. The monoisotopic (exact) mass is 343 g/mol. The quantitative estimate of drug-likeness (QED) is 0.879. The molecule has 106 valence electrons. The van der Waals surface area contributed by atoms with Crippen LogP contribution in [0.2, 0.25) is 0 Å². The molecule has 0 heterocycles. The molecule has 0 aliphatic heterocycles. The van der Waals surface area contributed by atoms with Crippen LogP contribution in [0.3, 0.4) is 0 Å². The second-order valence-electron chi connectivity index (χ2n) is 4.10. The first-order valence-electron chi connectivity index (χ1n) is 5.75. The van der Waals surface area contributed by atoms with Gasteiger partial charge in [-0.1, -0.05) is 22.0 Å². The fourth-order valence-electron chi connectivity index (χ4n) is 1.75. The Balaban J connectivity index is 2.15. The van der Waals surface area contributed by atoms with Crippen LogP contribution in [0.25, 0.3) is 0 Å². The van der Waals surface area contributed by atoms with Gasteiger partial charge in [0.15, 0.2) is 11.5 Å². The minimum absolute atomic E-state index is 0.0245. The second-order valence-corrected chi connectivity index (χ2v) is 5.02. The number of nitrogens with one attached hydrogen (secondary N) is 1. The Kier molecular flexibility index (Phi) is 4.44. The van der Waals surface area contributed by atoms with Crippen LogP contribution in [-0.2, 0) is 6.54 Å². The molecule has 2 N–H and O–H groups in total. The highest BCUT2D eigenvalue weighted by Gasteiger charge is 2.10. The van der Waals surface area contributed by atoms with E-state index in [0.717, 1.165) is 0 Å². The van der Waals surface area contributed by atoms with Crippen LogP contribution in [0.15, 0.2) is 34.8 Å². The first-order chi connectivity index (χ1) is 9.51. The molecule has 0 aliphatic rings. The van der Waals surface area contributed by atoms with E-state index >= 15 is 0 Å². The third-order valence-corrected chi connectivity index (χ3v) is 3.18. The number of phenolic OH excluding ortho intramolecular Hbond substituents is 1. The molecule has 0 saturated heterocycles. The molecule has 2 aromatic carbocycles. The van der Waals surface area contributed by atoms with Crippen molar-refractivity contribution in [3.05, 3.63) is 52.0 Å². The Morgan fingerprint density at radius 3 is 2.40 bits per heavy atom. The SMILES string of the molecule is COc1ccc(CNc2c(F)cc(Br)cc2F)cc1O. The fourth-order valence-corrected chi connectivity index (χ4v) is 2.15. The van der Waals surface area contributed by atoms with E-state index in [-0.39, 0.29) is 18.0 Å². The number of hydrogen-bond donors (Lipinski definition) is 2. The van der Waals surface area contributed by atoms with Crippen LogP contribution in [0.5, 0.6) is 11.5 Å². The van der Waals surface area contributed by atoms with Crippen molar-refractivity contribution >= 4 is 21.6 Å². The summed E-state index contributed by atoms with van der Waals surface area (Å²) < 4.78 is 32.5. The molecule has 0 atom stereocenters. The Bertz CT molecular complexity index is 612. The Hall–Kier alpha value is -1.82. The van der Waals surface area contributed by atoms with Crippen LogP contribution in [-0.4, -0.2) is 12.2 Å². The van der Waals surface area contributed by atoms with Crippen LogP contribution in [0.1, 0.15) is 5.56 Å². The molecule has 0 amide bonds. The van der Waals surface area contributed by atoms with Gasteiger partial charge in [-0.05, 0) is 29.8 Å². The normalized spacial score (nSPS) is 10.4. The number of phenols is 1. The maximum atomic E-state index is 13.6. The lowest BCUT2D eigenvalue weighted by atomic mass is 10.2. The third kappa shape index (κ3) is 3.19. The van der Waals surface area contributed by atoms with Gasteiger partial charge in [-0.25, -0.2) is 8.78 Å². The zero-order chi connectivity index (χ0) is 14.7. The van der Waals surface area contributed by atoms with Crippen molar-refractivity contribution < 1.29 is 18.6 Å². The molecular formula is C14H12BrF2NO2. The van der Waals surface area contributed by atoms with Gasteiger partial charge in [0.25, 0.3) is 0 Å². The predicted molar refractivity (Wildman–Crippen MR) is 76.0 cm³/mol. The summed E-state index contributed by atoms with van der Waals surface area (Å²) in [6.45, 7) is 0.174. The molecule has 0 unspecified atom stereocenters. The molecule has 0 bridgehead atoms. The summed E-state index contributed by atoms with van der Waals surface area (Å²) in [6, 6.07) is 7.11. The summed E-state index contributed by atoms with van der Waals surface area (Å²) in [6.07, 6.45) is 0. The van der Waals surface area contributed by atoms with Gasteiger partial charge in [0, 0.05) is 11.0 Å². The molecule has 0 fully saturated rings. The number of benzene rings is 2. The number of halogens is 3. The van der Waals surface area contributed by atoms with Crippen molar-refractivity contribution in [3.8, 4) is 11.5 Å². The molecule has 20 heavy (non-hydrogen) atoms. The van der Waals surface area contributed by atoms with Crippen LogP contribution in [0, 0.1) is 11.6 Å². The third-order valence-electron chi connectivity index (χ3n) is 2.72. The van der Waals surface area contributed by atoms with Crippen molar-refractivity contribution in [3.63, 3.8) is 0 Å². The van der Waals surface area contributed by atoms with E-state index < -0.39 is 11.6 Å². The molecular weight excluding hydrogens is 332 g/mol. The van der Waals surface area contributed by atoms with Gasteiger partial charge in [0.2, 0.25) is 0 Å². The lowest BCUT2D eigenvalue weighted by Crippen LogP contribution is -2.04. The molecule has 3 nitrogen and oxygen atoms in total. The first-order valence-corrected chi connectivity index (χ1v) is 6.55. The zero-order valence-corrected chi connectivity index (χ0v) is 12.2. The van der Waals surface area contributed by atoms with E-state index in [2.05, 4.69) is 21.2 Å². The van der Waals surface area contributed by atoms with Gasteiger partial charge < -0.3 is 15.2 Å². The van der Waals surface area contributed by atoms with E-state index in [9.17, 15) is 13.9 Å². The van der Waals surface area contributed by atoms with E-state index in [1.165, 1.54) is 25.3 Å².